The quantitative estimate of drug-likeness (QED) is 0.257. The number of hydrogen-bond donors (Lipinski definition) is 0. The highest BCUT2D eigenvalue weighted by atomic mass is 32.1. The summed E-state index contributed by atoms with van der Waals surface area (Å²) < 4.78 is 26.8. The van der Waals surface area contributed by atoms with E-state index in [9.17, 15) is 14.0 Å². The maximum absolute atomic E-state index is 14.0. The summed E-state index contributed by atoms with van der Waals surface area (Å²) in [4.78, 5) is 32.3. The van der Waals surface area contributed by atoms with Crippen LogP contribution >= 0.6 is 11.3 Å². The van der Waals surface area contributed by atoms with Gasteiger partial charge in [0.25, 0.3) is 5.56 Å². The van der Waals surface area contributed by atoms with E-state index < -0.39 is 12.0 Å². The maximum atomic E-state index is 14.0. The van der Waals surface area contributed by atoms with Gasteiger partial charge in [-0.25, -0.2) is 14.2 Å². The molecule has 2 heterocycles. The summed E-state index contributed by atoms with van der Waals surface area (Å²) in [6.45, 7) is 8.23. The molecule has 8 heteroatoms. The Kier molecular flexibility index (Phi) is 8.31. The summed E-state index contributed by atoms with van der Waals surface area (Å²) in [5.74, 6) is 0.144. The molecule has 0 saturated carbocycles. The number of aromatic nitrogens is 1. The van der Waals surface area contributed by atoms with Gasteiger partial charge in [-0.3, -0.25) is 9.36 Å². The van der Waals surface area contributed by atoms with E-state index in [-0.39, 0.29) is 24.6 Å². The minimum Gasteiger partial charge on any atom is -0.488 e. The first-order valence-electron chi connectivity index (χ1n) is 13.5. The maximum Gasteiger partial charge on any atom is 0.338 e. The van der Waals surface area contributed by atoms with Gasteiger partial charge in [0.05, 0.1) is 28.5 Å². The second kappa shape index (κ2) is 12.1. The molecule has 4 aromatic rings. The number of carbonyl (C=O) groups is 1. The minimum absolute atomic E-state index is 0.216. The van der Waals surface area contributed by atoms with Gasteiger partial charge < -0.3 is 9.47 Å². The number of benzene rings is 3. The molecule has 0 aliphatic carbocycles. The van der Waals surface area contributed by atoms with E-state index >= 15 is 0 Å². The van der Waals surface area contributed by atoms with E-state index in [4.69, 9.17) is 9.47 Å². The molecule has 1 aliphatic heterocycles. The van der Waals surface area contributed by atoms with Gasteiger partial charge in [-0.15, -0.1) is 0 Å². The Bertz CT molecular complexity index is 1780. The molecule has 6 nitrogen and oxygen atoms in total. The van der Waals surface area contributed by atoms with Crippen molar-refractivity contribution in [1.82, 2.24) is 4.57 Å². The van der Waals surface area contributed by atoms with E-state index in [2.05, 4.69) is 18.8 Å². The zero-order valence-electron chi connectivity index (χ0n) is 23.4. The van der Waals surface area contributed by atoms with Gasteiger partial charge in [0.1, 0.15) is 18.2 Å². The molecule has 3 aromatic carbocycles. The van der Waals surface area contributed by atoms with E-state index in [1.165, 1.54) is 23.5 Å². The molecule has 0 amide bonds. The Morgan fingerprint density at radius 2 is 1.78 bits per heavy atom. The molecule has 41 heavy (non-hydrogen) atoms. The summed E-state index contributed by atoms with van der Waals surface area (Å²) in [6.07, 6.45) is 1.78. The van der Waals surface area contributed by atoms with Crippen molar-refractivity contribution in [3.8, 4) is 5.75 Å². The number of hydrogen-bond acceptors (Lipinski definition) is 6. The lowest BCUT2D eigenvalue weighted by molar-refractivity contribution is -0.139. The molecule has 1 atom stereocenters. The number of ether oxygens (including phenoxy) is 2. The second-order valence-electron chi connectivity index (χ2n) is 10.1. The number of allylic oxidation sites excluding steroid dienone is 1. The molecule has 0 fully saturated rings. The molecule has 210 valence electrons. The summed E-state index contributed by atoms with van der Waals surface area (Å²) in [6, 6.07) is 20.9. The highest BCUT2D eigenvalue weighted by Crippen LogP contribution is 2.31. The van der Waals surface area contributed by atoms with Gasteiger partial charge in [-0.1, -0.05) is 79.8 Å². The molecule has 0 unspecified atom stereocenters. The number of halogens is 1. The molecule has 1 aliphatic rings. The predicted molar refractivity (Wildman–Crippen MR) is 158 cm³/mol. The van der Waals surface area contributed by atoms with Crippen LogP contribution in [0.1, 0.15) is 61.9 Å². The van der Waals surface area contributed by atoms with Crippen LogP contribution in [0.25, 0.3) is 6.08 Å². The van der Waals surface area contributed by atoms with Crippen molar-refractivity contribution in [2.75, 3.05) is 6.61 Å². The van der Waals surface area contributed by atoms with Gasteiger partial charge in [0.2, 0.25) is 0 Å². The number of esters is 1. The van der Waals surface area contributed by atoms with Crippen molar-refractivity contribution in [2.24, 2.45) is 4.99 Å². The number of fused-ring (bicyclic) bond motifs is 1. The number of para-hydroxylation sites is 1. The molecular formula is C33H31FN2O4S. The third-order valence-corrected chi connectivity index (χ3v) is 7.93. The third kappa shape index (κ3) is 5.93. The lowest BCUT2D eigenvalue weighted by Crippen LogP contribution is -2.39. The average molecular weight is 571 g/mol. The van der Waals surface area contributed by atoms with Crippen LogP contribution in [0.3, 0.4) is 0 Å². The summed E-state index contributed by atoms with van der Waals surface area (Å²) in [7, 11) is 0. The zero-order valence-corrected chi connectivity index (χ0v) is 24.2. The number of nitrogens with zero attached hydrogens (tertiary/aromatic N) is 2. The summed E-state index contributed by atoms with van der Waals surface area (Å²) in [5, 5.41) is 0. The van der Waals surface area contributed by atoms with Crippen LogP contribution in [0.2, 0.25) is 0 Å². The largest absolute Gasteiger partial charge is 0.488 e. The SMILES string of the molecule is CCOC(=O)C1=C(C)N=c2s/c(=C\c3ccccc3OCc3ccc(F)cc3)c(=O)n2[C@H]1c1ccc(C(C)C)cc1. The standard InChI is InChI=1S/C33H31FN2O4S/c1-5-39-32(38)29-21(4)35-33-36(30(29)24-14-12-23(13-15-24)20(2)3)31(37)28(41-33)18-25-8-6-7-9-27(25)40-19-22-10-16-26(34)17-11-22/h6-18,20,30H,5,19H2,1-4H3/b28-18-/t30-/m0/s1. The number of thiazole rings is 1. The third-order valence-electron chi connectivity index (χ3n) is 6.95. The Hall–Kier alpha value is -4.30. The highest BCUT2D eigenvalue weighted by molar-refractivity contribution is 7.07. The normalized spacial score (nSPS) is 15.1. The molecule has 0 spiro atoms. The average Bonchev–Trinajstić information content (AvgIpc) is 3.26. The fourth-order valence-corrected chi connectivity index (χ4v) is 5.82. The molecule has 0 radical (unpaired) electrons. The first-order chi connectivity index (χ1) is 19.8. The van der Waals surface area contributed by atoms with Crippen LogP contribution in [0.5, 0.6) is 5.75 Å². The summed E-state index contributed by atoms with van der Waals surface area (Å²) >= 11 is 1.26. The van der Waals surface area contributed by atoms with Crippen LogP contribution in [0.15, 0.2) is 93.9 Å². The van der Waals surface area contributed by atoms with E-state index in [1.54, 1.807) is 36.6 Å². The molecule has 0 bridgehead atoms. The smallest absolute Gasteiger partial charge is 0.338 e. The van der Waals surface area contributed by atoms with Gasteiger partial charge >= 0.3 is 5.97 Å². The highest BCUT2D eigenvalue weighted by Gasteiger charge is 2.33. The van der Waals surface area contributed by atoms with Crippen LogP contribution in [0, 0.1) is 5.82 Å². The minimum atomic E-state index is -0.668. The van der Waals surface area contributed by atoms with Gasteiger partial charge in [0, 0.05) is 5.56 Å². The summed E-state index contributed by atoms with van der Waals surface area (Å²) in [5.41, 5.74) is 4.14. The van der Waals surface area contributed by atoms with Crippen molar-refractivity contribution < 1.29 is 18.7 Å². The molecule has 5 rings (SSSR count). The number of carbonyl (C=O) groups excluding carboxylic acids is 1. The van der Waals surface area contributed by atoms with Crippen molar-refractivity contribution in [1.29, 1.82) is 0 Å². The first kappa shape index (κ1) is 28.2. The Morgan fingerprint density at radius 3 is 2.46 bits per heavy atom. The zero-order chi connectivity index (χ0) is 29.1. The second-order valence-corrected chi connectivity index (χ2v) is 11.1. The molecular weight excluding hydrogens is 539 g/mol. The van der Waals surface area contributed by atoms with E-state index in [0.29, 0.717) is 32.3 Å². The van der Waals surface area contributed by atoms with Gasteiger partial charge in [-0.2, -0.15) is 0 Å². The molecule has 0 N–H and O–H groups in total. The lowest BCUT2D eigenvalue weighted by Gasteiger charge is -2.25. The number of rotatable bonds is 8. The topological polar surface area (TPSA) is 69.9 Å². The first-order valence-corrected chi connectivity index (χ1v) is 14.3. The van der Waals surface area contributed by atoms with Gasteiger partial charge in [0.15, 0.2) is 4.80 Å². The van der Waals surface area contributed by atoms with Crippen molar-refractivity contribution in [3.63, 3.8) is 0 Å². The van der Waals surface area contributed by atoms with E-state index in [1.807, 2.05) is 48.5 Å². The van der Waals surface area contributed by atoms with E-state index in [0.717, 1.165) is 22.3 Å². The van der Waals surface area contributed by atoms with Crippen molar-refractivity contribution >= 4 is 23.4 Å². The van der Waals surface area contributed by atoms with Crippen LogP contribution in [-0.2, 0) is 16.1 Å². The Labute approximate surface area is 241 Å². The van der Waals surface area contributed by atoms with Crippen LogP contribution < -0.4 is 19.6 Å². The molecule has 1 aromatic heterocycles. The Morgan fingerprint density at radius 1 is 1.07 bits per heavy atom. The fraction of sp³-hybridized carbons (Fsp3) is 0.242. The van der Waals surface area contributed by atoms with Crippen molar-refractivity contribution in [2.45, 2.75) is 46.3 Å². The monoisotopic (exact) mass is 570 g/mol. The van der Waals surface area contributed by atoms with Crippen LogP contribution in [-0.4, -0.2) is 17.1 Å². The fourth-order valence-electron chi connectivity index (χ4n) is 4.78. The van der Waals surface area contributed by atoms with Crippen molar-refractivity contribution in [3.05, 3.63) is 132 Å². The lowest BCUT2D eigenvalue weighted by atomic mass is 9.93. The van der Waals surface area contributed by atoms with Gasteiger partial charge in [-0.05, 0) is 60.7 Å². The molecule has 0 saturated heterocycles. The predicted octanol–water partition coefficient (Wildman–Crippen LogP) is 5.64. The Balaban J connectivity index is 1.59. The van der Waals surface area contributed by atoms with Crippen LogP contribution in [0.4, 0.5) is 4.39 Å².